The van der Waals surface area contributed by atoms with Crippen molar-refractivity contribution in [2.75, 3.05) is 0 Å². The summed E-state index contributed by atoms with van der Waals surface area (Å²) in [7, 11) is 0. The van der Waals surface area contributed by atoms with Crippen LogP contribution in [-0.2, 0) is 0 Å². The van der Waals surface area contributed by atoms with Crippen molar-refractivity contribution in [1.82, 2.24) is 0 Å². The third kappa shape index (κ3) is 1.55. The molecule has 0 aromatic heterocycles. The lowest BCUT2D eigenvalue weighted by Gasteiger charge is -2.18. The van der Waals surface area contributed by atoms with E-state index in [2.05, 4.69) is 22.9 Å². The highest BCUT2D eigenvalue weighted by molar-refractivity contribution is 9.11. The van der Waals surface area contributed by atoms with E-state index in [0.717, 1.165) is 23.7 Å². The molecule has 9 heavy (non-hydrogen) atoms. The molecule has 0 aromatic rings. The molecule has 0 bridgehead atoms. The molecule has 52 valence electrons. The summed E-state index contributed by atoms with van der Waals surface area (Å²) < 4.78 is 1.01. The fourth-order valence-corrected chi connectivity index (χ4v) is 1.52. The van der Waals surface area contributed by atoms with Crippen molar-refractivity contribution in [1.29, 1.82) is 0 Å². The van der Waals surface area contributed by atoms with Gasteiger partial charge in [0, 0.05) is 4.48 Å². The van der Waals surface area contributed by atoms with E-state index >= 15 is 0 Å². The van der Waals surface area contributed by atoms with Crippen LogP contribution in [0.4, 0.5) is 0 Å². The van der Waals surface area contributed by atoms with Crippen LogP contribution in [0.25, 0.3) is 0 Å². The summed E-state index contributed by atoms with van der Waals surface area (Å²) in [6.45, 7) is 2.06. The Morgan fingerprint density at radius 3 is 2.78 bits per heavy atom. The summed E-state index contributed by atoms with van der Waals surface area (Å²) in [4.78, 5) is 0. The van der Waals surface area contributed by atoms with Gasteiger partial charge in [-0.15, -0.1) is 0 Å². The van der Waals surface area contributed by atoms with Crippen molar-refractivity contribution < 1.29 is 5.11 Å². The highest BCUT2D eigenvalue weighted by Crippen LogP contribution is 2.28. The van der Waals surface area contributed by atoms with Crippen LogP contribution in [0.15, 0.2) is 10.1 Å². The lowest BCUT2D eigenvalue weighted by Crippen LogP contribution is -2.11. The summed E-state index contributed by atoms with van der Waals surface area (Å²) in [6, 6.07) is 0. The Bertz CT molecular complexity index is 140. The van der Waals surface area contributed by atoms with Gasteiger partial charge < -0.3 is 5.11 Å². The molecule has 1 aliphatic rings. The number of halogens is 1. The molecule has 0 aliphatic heterocycles. The molecule has 0 unspecified atom stereocenters. The van der Waals surface area contributed by atoms with Crippen LogP contribution < -0.4 is 0 Å². The van der Waals surface area contributed by atoms with Gasteiger partial charge >= 0.3 is 0 Å². The van der Waals surface area contributed by atoms with Crippen LogP contribution in [-0.4, -0.2) is 11.2 Å². The Labute approximate surface area is 63.9 Å². The summed E-state index contributed by atoms with van der Waals surface area (Å²) >= 11 is 3.35. The Morgan fingerprint density at radius 1 is 1.67 bits per heavy atom. The second-order valence-electron chi connectivity index (χ2n) is 2.54. The number of hydrogen-bond donors (Lipinski definition) is 1. The predicted molar refractivity (Wildman–Crippen MR) is 41.5 cm³/mol. The number of hydrogen-bond acceptors (Lipinski definition) is 1. The summed E-state index contributed by atoms with van der Waals surface area (Å²) in [6.07, 6.45) is 2.95. The van der Waals surface area contributed by atoms with Crippen LogP contribution in [0.1, 0.15) is 26.2 Å². The first-order chi connectivity index (χ1) is 4.22. The zero-order valence-electron chi connectivity index (χ0n) is 5.52. The Morgan fingerprint density at radius 2 is 2.33 bits per heavy atom. The monoisotopic (exact) mass is 190 g/mol. The van der Waals surface area contributed by atoms with Crippen LogP contribution in [0.5, 0.6) is 0 Å². The zero-order chi connectivity index (χ0) is 6.85. The Hall–Kier alpha value is 0.180. The summed E-state index contributed by atoms with van der Waals surface area (Å²) in [5.74, 6) is 0. The standard InChI is InChI=1S/C7H11BrO/c1-5-3-2-4-6(9)7(5)8/h6,9H,2-4H2,1H3/t6-/m1/s1. The van der Waals surface area contributed by atoms with Crippen molar-refractivity contribution >= 4 is 15.9 Å². The topological polar surface area (TPSA) is 20.2 Å². The molecule has 0 radical (unpaired) electrons. The molecule has 0 saturated carbocycles. The van der Waals surface area contributed by atoms with Crippen molar-refractivity contribution in [3.05, 3.63) is 10.1 Å². The summed E-state index contributed by atoms with van der Waals surface area (Å²) in [5.41, 5.74) is 1.30. The van der Waals surface area contributed by atoms with Crippen molar-refractivity contribution in [2.45, 2.75) is 32.3 Å². The smallest absolute Gasteiger partial charge is 0.0854 e. The molecule has 0 spiro atoms. The fourth-order valence-electron chi connectivity index (χ4n) is 1.09. The van der Waals surface area contributed by atoms with Gasteiger partial charge in [-0.05, 0) is 26.2 Å². The number of aliphatic hydroxyl groups excluding tert-OH is 1. The minimum atomic E-state index is -0.223. The lowest BCUT2D eigenvalue weighted by atomic mass is 9.99. The maximum absolute atomic E-state index is 9.24. The van der Waals surface area contributed by atoms with Crippen molar-refractivity contribution in [3.8, 4) is 0 Å². The van der Waals surface area contributed by atoms with Crippen LogP contribution in [0, 0.1) is 0 Å². The minimum Gasteiger partial charge on any atom is -0.388 e. The normalized spacial score (nSPS) is 29.0. The van der Waals surface area contributed by atoms with E-state index in [0.29, 0.717) is 0 Å². The molecule has 0 fully saturated rings. The first-order valence-corrected chi connectivity index (χ1v) is 4.04. The number of aliphatic hydroxyl groups is 1. The first kappa shape index (κ1) is 7.29. The number of allylic oxidation sites excluding steroid dienone is 1. The van der Waals surface area contributed by atoms with Gasteiger partial charge in [-0.25, -0.2) is 0 Å². The van der Waals surface area contributed by atoms with E-state index in [9.17, 15) is 5.11 Å². The molecule has 0 aromatic carbocycles. The molecule has 1 aliphatic carbocycles. The zero-order valence-corrected chi connectivity index (χ0v) is 7.11. The SMILES string of the molecule is CC1=C(Br)[C@H](O)CCC1. The van der Waals surface area contributed by atoms with Crippen molar-refractivity contribution in [3.63, 3.8) is 0 Å². The molecular weight excluding hydrogens is 180 g/mol. The van der Waals surface area contributed by atoms with Crippen molar-refractivity contribution in [2.24, 2.45) is 0 Å². The molecule has 0 amide bonds. The summed E-state index contributed by atoms with van der Waals surface area (Å²) in [5, 5.41) is 9.24. The third-order valence-electron chi connectivity index (χ3n) is 1.73. The highest BCUT2D eigenvalue weighted by Gasteiger charge is 2.15. The molecule has 2 heteroatoms. The molecule has 0 heterocycles. The van der Waals surface area contributed by atoms with Gasteiger partial charge in [-0.1, -0.05) is 21.5 Å². The lowest BCUT2D eigenvalue weighted by molar-refractivity contribution is 0.199. The minimum absolute atomic E-state index is 0.223. The molecule has 1 nitrogen and oxygen atoms in total. The number of rotatable bonds is 0. The van der Waals surface area contributed by atoms with Gasteiger partial charge in [0.2, 0.25) is 0 Å². The van der Waals surface area contributed by atoms with E-state index in [1.807, 2.05) is 0 Å². The molecule has 1 atom stereocenters. The quantitative estimate of drug-likeness (QED) is 0.622. The van der Waals surface area contributed by atoms with Crippen LogP contribution in [0.3, 0.4) is 0 Å². The van der Waals surface area contributed by atoms with Gasteiger partial charge in [0.05, 0.1) is 6.10 Å². The van der Waals surface area contributed by atoms with E-state index in [1.165, 1.54) is 5.57 Å². The largest absolute Gasteiger partial charge is 0.388 e. The molecular formula is C7H11BrO. The average molecular weight is 191 g/mol. The second-order valence-corrected chi connectivity index (χ2v) is 3.39. The Kier molecular flexibility index (Phi) is 2.30. The van der Waals surface area contributed by atoms with Gasteiger partial charge in [0.15, 0.2) is 0 Å². The van der Waals surface area contributed by atoms with Gasteiger partial charge in [0.25, 0.3) is 0 Å². The Balaban J connectivity index is 2.72. The van der Waals surface area contributed by atoms with Gasteiger partial charge in [-0.2, -0.15) is 0 Å². The van der Waals surface area contributed by atoms with Gasteiger partial charge in [0.1, 0.15) is 0 Å². The maximum Gasteiger partial charge on any atom is 0.0854 e. The van der Waals surface area contributed by atoms with E-state index in [-0.39, 0.29) is 6.10 Å². The molecule has 1 rings (SSSR count). The molecule has 0 saturated heterocycles. The second kappa shape index (κ2) is 2.84. The van der Waals surface area contributed by atoms with E-state index in [4.69, 9.17) is 0 Å². The first-order valence-electron chi connectivity index (χ1n) is 3.25. The highest BCUT2D eigenvalue weighted by atomic mass is 79.9. The predicted octanol–water partition coefficient (Wildman–Crippen LogP) is 2.20. The van der Waals surface area contributed by atoms with Crippen LogP contribution in [0.2, 0.25) is 0 Å². The fraction of sp³-hybridized carbons (Fsp3) is 0.714. The van der Waals surface area contributed by atoms with E-state index < -0.39 is 0 Å². The van der Waals surface area contributed by atoms with Gasteiger partial charge in [-0.3, -0.25) is 0 Å². The van der Waals surface area contributed by atoms with E-state index in [1.54, 1.807) is 0 Å². The maximum atomic E-state index is 9.24. The van der Waals surface area contributed by atoms with Crippen LogP contribution >= 0.6 is 15.9 Å². The molecule has 1 N–H and O–H groups in total. The average Bonchev–Trinajstić information content (AvgIpc) is 1.83. The third-order valence-corrected chi connectivity index (χ3v) is 2.93.